The molecule has 136 valence electrons. The molecule has 0 aromatic carbocycles. The molecule has 0 unspecified atom stereocenters. The molecule has 2 N–H and O–H groups in total. The van der Waals surface area contributed by atoms with E-state index in [1.165, 1.54) is 0 Å². The molecule has 2 rings (SSSR count). The summed E-state index contributed by atoms with van der Waals surface area (Å²) in [4.78, 5) is 47.6. The molecule has 2 aliphatic rings. The highest BCUT2D eigenvalue weighted by atomic mass is 16.6. The Morgan fingerprint density at radius 1 is 0.800 bits per heavy atom. The van der Waals surface area contributed by atoms with Gasteiger partial charge in [0, 0.05) is 0 Å². The van der Waals surface area contributed by atoms with Crippen molar-refractivity contribution in [2.45, 2.75) is 26.7 Å². The maximum absolute atomic E-state index is 12.4. The van der Waals surface area contributed by atoms with Gasteiger partial charge in [-0.1, -0.05) is 38.2 Å². The van der Waals surface area contributed by atoms with E-state index in [0.717, 1.165) is 0 Å². The Hall–Kier alpha value is -2.44. The Morgan fingerprint density at radius 2 is 1.16 bits per heavy atom. The summed E-state index contributed by atoms with van der Waals surface area (Å²) in [5.41, 5.74) is 0. The van der Waals surface area contributed by atoms with Crippen molar-refractivity contribution in [1.29, 1.82) is 0 Å². The Balaban J connectivity index is 2.12. The normalized spacial score (nSPS) is 34.3. The van der Waals surface area contributed by atoms with Gasteiger partial charge in [-0.3, -0.25) is 19.2 Å². The van der Waals surface area contributed by atoms with Crippen molar-refractivity contribution in [3.05, 3.63) is 24.3 Å². The summed E-state index contributed by atoms with van der Waals surface area (Å²) in [7, 11) is 0. The van der Waals surface area contributed by atoms with Gasteiger partial charge in [0.15, 0.2) is 0 Å². The second-order valence-electron chi connectivity index (χ2n) is 6.73. The van der Waals surface area contributed by atoms with Crippen LogP contribution in [0.15, 0.2) is 24.3 Å². The first-order chi connectivity index (χ1) is 11.7. The van der Waals surface area contributed by atoms with Crippen molar-refractivity contribution in [3.63, 3.8) is 0 Å². The van der Waals surface area contributed by atoms with E-state index in [1.54, 1.807) is 38.2 Å². The minimum Gasteiger partial charge on any atom is -0.481 e. The molecule has 0 saturated carbocycles. The number of rotatable bonds is 4. The molecular formula is C18H22O7. The maximum atomic E-state index is 12.4. The van der Waals surface area contributed by atoms with Gasteiger partial charge in [-0.2, -0.15) is 0 Å². The summed E-state index contributed by atoms with van der Waals surface area (Å²) in [5, 5.41) is 18.7. The number of aliphatic carboxylic acids is 2. The third-order valence-corrected chi connectivity index (χ3v) is 5.04. The Labute approximate surface area is 145 Å². The number of carboxylic acids is 2. The molecule has 7 heteroatoms. The summed E-state index contributed by atoms with van der Waals surface area (Å²) in [6.45, 7) is 3.37. The highest BCUT2D eigenvalue weighted by Crippen LogP contribution is 2.34. The van der Waals surface area contributed by atoms with Crippen LogP contribution in [0.3, 0.4) is 0 Å². The van der Waals surface area contributed by atoms with Gasteiger partial charge in [0.1, 0.15) is 0 Å². The SMILES string of the molecule is C[C@@H]1C=CC[C@H](C(=O)OC(=O)[C@@H]2CC=C[C@H](C)[C@@H]2C(=O)O)[C@@H]1C(=O)O. The lowest BCUT2D eigenvalue weighted by Gasteiger charge is -2.30. The van der Waals surface area contributed by atoms with Crippen LogP contribution >= 0.6 is 0 Å². The number of esters is 2. The first-order valence-electron chi connectivity index (χ1n) is 8.28. The molecule has 6 atom stereocenters. The van der Waals surface area contributed by atoms with Crippen molar-refractivity contribution < 1.29 is 34.1 Å². The number of hydrogen-bond donors (Lipinski definition) is 2. The van der Waals surface area contributed by atoms with Gasteiger partial charge < -0.3 is 14.9 Å². The van der Waals surface area contributed by atoms with Crippen molar-refractivity contribution in [2.24, 2.45) is 35.5 Å². The second-order valence-corrected chi connectivity index (χ2v) is 6.73. The highest BCUT2D eigenvalue weighted by molar-refractivity contribution is 5.92. The fraction of sp³-hybridized carbons (Fsp3) is 0.556. The monoisotopic (exact) mass is 350 g/mol. The van der Waals surface area contributed by atoms with Gasteiger partial charge in [0.25, 0.3) is 0 Å². The largest absolute Gasteiger partial charge is 0.481 e. The number of carbonyl (C=O) groups is 4. The first kappa shape index (κ1) is 18.9. The number of ether oxygens (including phenoxy) is 1. The zero-order valence-corrected chi connectivity index (χ0v) is 14.1. The molecule has 0 saturated heterocycles. The van der Waals surface area contributed by atoms with E-state index < -0.39 is 47.5 Å². The molecule has 2 aliphatic carbocycles. The van der Waals surface area contributed by atoms with Gasteiger partial charge in [0.05, 0.1) is 23.7 Å². The first-order valence-corrected chi connectivity index (χ1v) is 8.28. The van der Waals surface area contributed by atoms with E-state index >= 15 is 0 Å². The average molecular weight is 350 g/mol. The fourth-order valence-corrected chi connectivity index (χ4v) is 3.68. The Kier molecular flexibility index (Phi) is 5.77. The molecule has 0 aromatic rings. The smallest absolute Gasteiger partial charge is 0.317 e. The van der Waals surface area contributed by atoms with Crippen LogP contribution in [0.1, 0.15) is 26.7 Å². The standard InChI is InChI=1S/C18H22O7/c1-9-5-3-7-11(13(9)15(19)20)17(23)25-18(24)12-8-4-6-10(2)14(12)16(21)22/h3-6,9-14H,7-8H2,1-2H3,(H,19,20)(H,21,22)/t9-,10+,11+,12-,13-,14+. The lowest BCUT2D eigenvalue weighted by atomic mass is 9.76. The molecule has 0 spiro atoms. The van der Waals surface area contributed by atoms with E-state index in [9.17, 15) is 29.4 Å². The molecule has 25 heavy (non-hydrogen) atoms. The zero-order chi connectivity index (χ0) is 18.7. The maximum Gasteiger partial charge on any atom is 0.317 e. The van der Waals surface area contributed by atoms with Crippen LogP contribution in [0, 0.1) is 35.5 Å². The number of allylic oxidation sites excluding steroid dienone is 4. The molecule has 0 aromatic heterocycles. The topological polar surface area (TPSA) is 118 Å². The third-order valence-electron chi connectivity index (χ3n) is 5.04. The van der Waals surface area contributed by atoms with E-state index in [4.69, 9.17) is 4.74 Å². The van der Waals surface area contributed by atoms with Crippen molar-refractivity contribution in [3.8, 4) is 0 Å². The van der Waals surface area contributed by atoms with Gasteiger partial charge in [-0.25, -0.2) is 0 Å². The summed E-state index contributed by atoms with van der Waals surface area (Å²) < 4.78 is 4.91. The fourth-order valence-electron chi connectivity index (χ4n) is 3.68. The molecule has 0 amide bonds. The molecular weight excluding hydrogens is 328 g/mol. The average Bonchev–Trinajstić information content (AvgIpc) is 2.53. The van der Waals surface area contributed by atoms with E-state index in [-0.39, 0.29) is 24.7 Å². The highest BCUT2D eigenvalue weighted by Gasteiger charge is 2.43. The van der Waals surface area contributed by atoms with Gasteiger partial charge in [-0.15, -0.1) is 0 Å². The molecule has 0 heterocycles. The molecule has 0 radical (unpaired) electrons. The van der Waals surface area contributed by atoms with Crippen LogP contribution in [0.4, 0.5) is 0 Å². The van der Waals surface area contributed by atoms with Crippen molar-refractivity contribution in [2.75, 3.05) is 0 Å². The summed E-state index contributed by atoms with van der Waals surface area (Å²) >= 11 is 0. The van der Waals surface area contributed by atoms with Crippen LogP contribution in [-0.2, 0) is 23.9 Å². The zero-order valence-electron chi connectivity index (χ0n) is 14.1. The lowest BCUT2D eigenvalue weighted by Crippen LogP contribution is -2.41. The minimum absolute atomic E-state index is 0.177. The van der Waals surface area contributed by atoms with Gasteiger partial charge in [-0.05, 0) is 24.7 Å². The van der Waals surface area contributed by atoms with Crippen LogP contribution in [0.5, 0.6) is 0 Å². The van der Waals surface area contributed by atoms with Crippen LogP contribution in [-0.4, -0.2) is 34.1 Å². The Bertz CT molecular complexity index is 579. The van der Waals surface area contributed by atoms with Crippen molar-refractivity contribution in [1.82, 2.24) is 0 Å². The quantitative estimate of drug-likeness (QED) is 0.451. The van der Waals surface area contributed by atoms with Crippen LogP contribution < -0.4 is 0 Å². The molecule has 7 nitrogen and oxygen atoms in total. The third kappa shape index (κ3) is 3.97. The number of hydrogen-bond acceptors (Lipinski definition) is 5. The van der Waals surface area contributed by atoms with Gasteiger partial charge >= 0.3 is 23.9 Å². The lowest BCUT2D eigenvalue weighted by molar-refractivity contribution is -0.173. The predicted molar refractivity (Wildman–Crippen MR) is 86.2 cm³/mol. The molecule has 0 bridgehead atoms. The summed E-state index contributed by atoms with van der Waals surface area (Å²) in [5.74, 6) is -8.61. The van der Waals surface area contributed by atoms with E-state index in [0.29, 0.717) is 0 Å². The predicted octanol–water partition coefficient (Wildman–Crippen LogP) is 1.88. The Morgan fingerprint density at radius 3 is 1.48 bits per heavy atom. The molecule has 0 fully saturated rings. The number of carboxylic acid groups (broad SMARTS) is 2. The summed E-state index contributed by atoms with van der Waals surface area (Å²) in [6.07, 6.45) is 7.20. The van der Waals surface area contributed by atoms with Crippen molar-refractivity contribution >= 4 is 23.9 Å². The van der Waals surface area contributed by atoms with Gasteiger partial charge in [0.2, 0.25) is 0 Å². The second kappa shape index (κ2) is 7.63. The number of carbonyl (C=O) groups excluding carboxylic acids is 2. The van der Waals surface area contributed by atoms with E-state index in [1.807, 2.05) is 0 Å². The summed E-state index contributed by atoms with van der Waals surface area (Å²) in [6, 6.07) is 0. The van der Waals surface area contributed by atoms with E-state index in [2.05, 4.69) is 0 Å². The minimum atomic E-state index is -1.12. The van der Waals surface area contributed by atoms with Crippen LogP contribution in [0.2, 0.25) is 0 Å². The molecule has 0 aliphatic heterocycles. The van der Waals surface area contributed by atoms with Crippen LogP contribution in [0.25, 0.3) is 0 Å².